The van der Waals surface area contributed by atoms with Gasteiger partial charge in [0.05, 0.1) is 6.61 Å². The number of hydrogen-bond donors (Lipinski definition) is 4. The Morgan fingerprint density at radius 2 is 1.84 bits per heavy atom. The molecule has 0 unspecified atom stereocenters. The molecule has 0 bridgehead atoms. The SMILES string of the molecule is O=C(O)/C=C/C(=O)O.OCCOc1nnc(Cl)cc1N1CCNCC1. The second-order valence-electron chi connectivity index (χ2n) is 4.68. The lowest BCUT2D eigenvalue weighted by Gasteiger charge is -2.30. The number of halogens is 1. The van der Waals surface area contributed by atoms with E-state index in [2.05, 4.69) is 20.4 Å². The molecule has 25 heavy (non-hydrogen) atoms. The fourth-order valence-electron chi connectivity index (χ4n) is 1.87. The van der Waals surface area contributed by atoms with Gasteiger partial charge in [0.2, 0.25) is 0 Å². The van der Waals surface area contributed by atoms with Crippen molar-refractivity contribution in [2.45, 2.75) is 0 Å². The van der Waals surface area contributed by atoms with Crippen molar-refractivity contribution in [2.24, 2.45) is 0 Å². The molecule has 0 radical (unpaired) electrons. The number of ether oxygens (including phenoxy) is 1. The Kier molecular flexibility index (Phi) is 9.22. The van der Waals surface area contributed by atoms with E-state index < -0.39 is 11.9 Å². The maximum atomic E-state index is 9.55. The van der Waals surface area contributed by atoms with Crippen LogP contribution in [0.5, 0.6) is 5.88 Å². The van der Waals surface area contributed by atoms with Gasteiger partial charge in [0.1, 0.15) is 12.3 Å². The first-order valence-electron chi connectivity index (χ1n) is 7.30. The third-order valence-corrected chi connectivity index (χ3v) is 3.05. The lowest BCUT2D eigenvalue weighted by molar-refractivity contribution is -0.134. The number of anilines is 1. The minimum atomic E-state index is -1.26. The number of aliphatic hydroxyl groups is 1. The van der Waals surface area contributed by atoms with Gasteiger partial charge in [0, 0.05) is 44.4 Å². The van der Waals surface area contributed by atoms with Crippen LogP contribution in [0.2, 0.25) is 5.15 Å². The number of carboxylic acids is 2. The molecule has 1 fully saturated rings. The molecule has 2 heterocycles. The highest BCUT2D eigenvalue weighted by molar-refractivity contribution is 6.29. The summed E-state index contributed by atoms with van der Waals surface area (Å²) in [6.07, 6.45) is 1.12. The van der Waals surface area contributed by atoms with Crippen LogP contribution < -0.4 is 15.0 Å². The van der Waals surface area contributed by atoms with E-state index in [-0.39, 0.29) is 13.2 Å². The number of rotatable bonds is 6. The molecule has 0 amide bonds. The van der Waals surface area contributed by atoms with E-state index in [1.807, 2.05) is 0 Å². The van der Waals surface area contributed by atoms with Gasteiger partial charge in [-0.25, -0.2) is 9.59 Å². The smallest absolute Gasteiger partial charge is 0.328 e. The molecule has 2 rings (SSSR count). The molecule has 10 nitrogen and oxygen atoms in total. The van der Waals surface area contributed by atoms with Crippen LogP contribution in [0.1, 0.15) is 0 Å². The van der Waals surface area contributed by atoms with Gasteiger partial charge in [-0.15, -0.1) is 10.2 Å². The van der Waals surface area contributed by atoms with Crippen LogP contribution in [0.25, 0.3) is 0 Å². The molecule has 0 atom stereocenters. The second kappa shape index (κ2) is 11.2. The van der Waals surface area contributed by atoms with Crippen LogP contribution in [0.4, 0.5) is 5.69 Å². The summed E-state index contributed by atoms with van der Waals surface area (Å²) < 4.78 is 5.35. The summed E-state index contributed by atoms with van der Waals surface area (Å²) in [4.78, 5) is 21.2. The first-order valence-corrected chi connectivity index (χ1v) is 7.68. The normalized spacial score (nSPS) is 13.9. The lowest BCUT2D eigenvalue weighted by Crippen LogP contribution is -2.43. The van der Waals surface area contributed by atoms with Gasteiger partial charge in [-0.1, -0.05) is 11.6 Å². The predicted octanol–water partition coefficient (Wildman–Crippen LogP) is -0.377. The quantitative estimate of drug-likeness (QED) is 0.486. The molecule has 1 aliphatic rings. The Morgan fingerprint density at radius 3 is 2.36 bits per heavy atom. The van der Waals surface area contributed by atoms with Gasteiger partial charge in [0.15, 0.2) is 5.15 Å². The summed E-state index contributed by atoms with van der Waals surface area (Å²) in [6, 6.07) is 1.74. The Balaban J connectivity index is 0.000000333. The van der Waals surface area contributed by atoms with Crippen LogP contribution in [0, 0.1) is 0 Å². The number of aromatic nitrogens is 2. The largest absolute Gasteiger partial charge is 0.478 e. The number of carboxylic acid groups (broad SMARTS) is 2. The van der Waals surface area contributed by atoms with Crippen LogP contribution in [0.15, 0.2) is 18.2 Å². The van der Waals surface area contributed by atoms with Gasteiger partial charge < -0.3 is 30.3 Å². The molecule has 4 N–H and O–H groups in total. The van der Waals surface area contributed by atoms with E-state index in [0.29, 0.717) is 23.2 Å². The summed E-state index contributed by atoms with van der Waals surface area (Å²) >= 11 is 5.85. The van der Waals surface area contributed by atoms with E-state index in [4.69, 9.17) is 31.7 Å². The number of piperazine rings is 1. The highest BCUT2D eigenvalue weighted by atomic mass is 35.5. The number of nitrogens with one attached hydrogen (secondary N) is 1. The van der Waals surface area contributed by atoms with Crippen LogP contribution in [-0.2, 0) is 9.59 Å². The third-order valence-electron chi connectivity index (χ3n) is 2.87. The zero-order valence-electron chi connectivity index (χ0n) is 13.3. The Labute approximate surface area is 148 Å². The van der Waals surface area contributed by atoms with E-state index in [1.165, 1.54) is 0 Å². The molecule has 0 saturated carbocycles. The topological polar surface area (TPSA) is 145 Å². The van der Waals surface area contributed by atoms with E-state index >= 15 is 0 Å². The van der Waals surface area contributed by atoms with Crippen molar-refractivity contribution in [2.75, 3.05) is 44.3 Å². The first kappa shape index (κ1) is 20.6. The number of aliphatic hydroxyl groups excluding tert-OH is 1. The van der Waals surface area contributed by atoms with Crippen molar-refractivity contribution in [3.63, 3.8) is 0 Å². The van der Waals surface area contributed by atoms with Crippen molar-refractivity contribution in [3.8, 4) is 5.88 Å². The minimum absolute atomic E-state index is 0.0503. The molecular weight excluding hydrogens is 356 g/mol. The monoisotopic (exact) mass is 374 g/mol. The molecule has 1 aromatic heterocycles. The van der Waals surface area contributed by atoms with Crippen LogP contribution in [0.3, 0.4) is 0 Å². The minimum Gasteiger partial charge on any atom is -0.478 e. The van der Waals surface area contributed by atoms with Gasteiger partial charge >= 0.3 is 11.9 Å². The fraction of sp³-hybridized carbons (Fsp3) is 0.429. The summed E-state index contributed by atoms with van der Waals surface area (Å²) in [5, 5.41) is 35.7. The highest BCUT2D eigenvalue weighted by Crippen LogP contribution is 2.27. The molecule has 1 saturated heterocycles. The first-order chi connectivity index (χ1) is 11.9. The average molecular weight is 375 g/mol. The van der Waals surface area contributed by atoms with Crippen LogP contribution in [-0.4, -0.2) is 76.8 Å². The van der Waals surface area contributed by atoms with Crippen molar-refractivity contribution < 1.29 is 29.6 Å². The predicted molar refractivity (Wildman–Crippen MR) is 89.1 cm³/mol. The van der Waals surface area contributed by atoms with Crippen molar-refractivity contribution in [1.29, 1.82) is 0 Å². The van der Waals surface area contributed by atoms with Crippen molar-refractivity contribution in [3.05, 3.63) is 23.4 Å². The fourth-order valence-corrected chi connectivity index (χ4v) is 2.01. The van der Waals surface area contributed by atoms with Crippen LogP contribution >= 0.6 is 11.6 Å². The molecule has 11 heteroatoms. The van der Waals surface area contributed by atoms with Gasteiger partial charge in [0.25, 0.3) is 5.88 Å². The van der Waals surface area contributed by atoms with Crippen molar-refractivity contribution in [1.82, 2.24) is 15.5 Å². The van der Waals surface area contributed by atoms with E-state index in [9.17, 15) is 9.59 Å². The van der Waals surface area contributed by atoms with Gasteiger partial charge in [-0.2, -0.15) is 0 Å². The lowest BCUT2D eigenvalue weighted by atomic mass is 10.3. The number of hydrogen-bond acceptors (Lipinski definition) is 8. The average Bonchev–Trinajstić information content (AvgIpc) is 2.60. The van der Waals surface area contributed by atoms with E-state index in [0.717, 1.165) is 31.9 Å². The molecule has 0 aliphatic carbocycles. The summed E-state index contributed by atoms with van der Waals surface area (Å²) in [7, 11) is 0. The summed E-state index contributed by atoms with van der Waals surface area (Å²) in [6.45, 7) is 3.73. The number of carbonyl (C=O) groups is 2. The molecule has 0 spiro atoms. The number of aliphatic carboxylic acids is 2. The Bertz CT molecular complexity index is 591. The molecule has 138 valence electrons. The maximum absolute atomic E-state index is 9.55. The summed E-state index contributed by atoms with van der Waals surface area (Å²) in [5.41, 5.74) is 0.833. The van der Waals surface area contributed by atoms with Gasteiger partial charge in [-0.05, 0) is 0 Å². The number of nitrogens with zero attached hydrogens (tertiary/aromatic N) is 3. The van der Waals surface area contributed by atoms with E-state index in [1.54, 1.807) is 6.07 Å². The summed E-state index contributed by atoms with van der Waals surface area (Å²) in [5.74, 6) is -2.09. The molecule has 1 aromatic rings. The highest BCUT2D eigenvalue weighted by Gasteiger charge is 2.17. The molecular formula is C14H19ClN4O6. The zero-order chi connectivity index (χ0) is 18.7. The maximum Gasteiger partial charge on any atom is 0.328 e. The molecule has 1 aliphatic heterocycles. The Hall–Kier alpha value is -2.43. The van der Waals surface area contributed by atoms with Crippen molar-refractivity contribution >= 4 is 29.2 Å². The second-order valence-corrected chi connectivity index (χ2v) is 5.06. The third kappa shape index (κ3) is 8.29. The Morgan fingerprint density at radius 1 is 1.24 bits per heavy atom. The zero-order valence-corrected chi connectivity index (χ0v) is 14.0. The standard InChI is InChI=1S/C10H15ClN4O2.C4H4O4/c11-9-7-8(15-3-1-12-2-4-15)10(14-13-9)17-6-5-16;5-3(6)1-2-4(7)8/h7,12,16H,1-6H2;1-2H,(H,5,6)(H,7,8)/b;2-1+. The van der Waals surface area contributed by atoms with Gasteiger partial charge in [-0.3, -0.25) is 0 Å². The molecule has 0 aromatic carbocycles.